The molecule has 0 aliphatic rings. The summed E-state index contributed by atoms with van der Waals surface area (Å²) in [6.45, 7) is 2.06. The summed E-state index contributed by atoms with van der Waals surface area (Å²) in [5, 5.41) is 1.10. The third-order valence-electron chi connectivity index (χ3n) is 2.89. The molecule has 2 heterocycles. The lowest BCUT2D eigenvalue weighted by Gasteiger charge is -2.04. The maximum atomic E-state index is 6.00. The van der Waals surface area contributed by atoms with Gasteiger partial charge < -0.3 is 10.7 Å². The van der Waals surface area contributed by atoms with E-state index >= 15 is 0 Å². The fraction of sp³-hybridized carbons (Fsp3) is 0.0714. The summed E-state index contributed by atoms with van der Waals surface area (Å²) in [5.41, 5.74) is 10.9. The van der Waals surface area contributed by atoms with Gasteiger partial charge in [-0.2, -0.15) is 0 Å². The molecule has 0 saturated carbocycles. The van der Waals surface area contributed by atoms with Crippen LogP contribution in [0.15, 0.2) is 42.6 Å². The van der Waals surface area contributed by atoms with Gasteiger partial charge in [0, 0.05) is 28.5 Å². The molecule has 0 atom stereocenters. The van der Waals surface area contributed by atoms with Crippen LogP contribution in [0.4, 0.5) is 5.69 Å². The predicted octanol–water partition coefficient (Wildman–Crippen LogP) is 3.12. The van der Waals surface area contributed by atoms with Crippen LogP contribution in [0, 0.1) is 6.92 Å². The average molecular weight is 223 g/mol. The maximum absolute atomic E-state index is 6.00. The smallest absolute Gasteiger partial charge is 0.137 e. The van der Waals surface area contributed by atoms with Gasteiger partial charge in [0.1, 0.15) is 5.65 Å². The third-order valence-corrected chi connectivity index (χ3v) is 2.89. The van der Waals surface area contributed by atoms with Crippen LogP contribution in [0.1, 0.15) is 5.56 Å². The number of anilines is 1. The number of hydrogen-bond donors (Lipinski definition) is 2. The van der Waals surface area contributed by atoms with Gasteiger partial charge in [0.15, 0.2) is 0 Å². The summed E-state index contributed by atoms with van der Waals surface area (Å²) < 4.78 is 0. The summed E-state index contributed by atoms with van der Waals surface area (Å²) in [6.07, 6.45) is 1.78. The Hall–Kier alpha value is -2.29. The van der Waals surface area contributed by atoms with Crippen molar-refractivity contribution in [2.75, 3.05) is 5.73 Å². The SMILES string of the molecule is Cc1ccc(N)c(-c2cc3cccnc3[nH]2)c1. The molecule has 0 amide bonds. The van der Waals surface area contributed by atoms with Gasteiger partial charge in [0.05, 0.1) is 0 Å². The van der Waals surface area contributed by atoms with Gasteiger partial charge >= 0.3 is 0 Å². The van der Waals surface area contributed by atoms with Crippen molar-refractivity contribution in [3.8, 4) is 11.3 Å². The number of H-pyrrole nitrogens is 1. The Kier molecular flexibility index (Phi) is 2.11. The Bertz CT molecular complexity index is 650. The summed E-state index contributed by atoms with van der Waals surface area (Å²) in [6, 6.07) is 12.1. The standard InChI is InChI=1S/C14H13N3/c1-9-4-5-12(15)11(7-9)13-8-10-3-2-6-16-14(10)17-13/h2-8H,15H2,1H3,(H,16,17). The Morgan fingerprint density at radius 3 is 2.88 bits per heavy atom. The molecule has 0 saturated heterocycles. The van der Waals surface area contributed by atoms with Gasteiger partial charge in [-0.05, 0) is 37.3 Å². The molecule has 0 unspecified atom stereocenters. The summed E-state index contributed by atoms with van der Waals surface area (Å²) in [5.74, 6) is 0. The lowest BCUT2D eigenvalue weighted by atomic mass is 10.1. The zero-order valence-electron chi connectivity index (χ0n) is 9.57. The van der Waals surface area contributed by atoms with Crippen molar-refractivity contribution in [2.45, 2.75) is 6.92 Å². The van der Waals surface area contributed by atoms with Crippen molar-refractivity contribution in [3.05, 3.63) is 48.2 Å². The fourth-order valence-electron chi connectivity index (χ4n) is 2.01. The number of nitrogens with zero attached hydrogens (tertiary/aromatic N) is 1. The first-order valence-corrected chi connectivity index (χ1v) is 5.54. The molecule has 1 aromatic carbocycles. The number of aryl methyl sites for hydroxylation is 1. The number of fused-ring (bicyclic) bond motifs is 1. The fourth-order valence-corrected chi connectivity index (χ4v) is 2.01. The highest BCUT2D eigenvalue weighted by atomic mass is 14.9. The van der Waals surface area contributed by atoms with E-state index in [4.69, 9.17) is 5.73 Å². The number of pyridine rings is 1. The number of nitrogen functional groups attached to an aromatic ring is 1. The molecule has 3 nitrogen and oxygen atoms in total. The van der Waals surface area contributed by atoms with Crippen molar-refractivity contribution in [3.63, 3.8) is 0 Å². The van der Waals surface area contributed by atoms with Gasteiger partial charge in [-0.25, -0.2) is 4.98 Å². The molecular formula is C14H13N3. The Morgan fingerprint density at radius 1 is 1.18 bits per heavy atom. The van der Waals surface area contributed by atoms with Gasteiger partial charge in [-0.3, -0.25) is 0 Å². The summed E-state index contributed by atoms with van der Waals surface area (Å²) >= 11 is 0. The van der Waals surface area contributed by atoms with Crippen molar-refractivity contribution < 1.29 is 0 Å². The first-order chi connectivity index (χ1) is 8.24. The minimum Gasteiger partial charge on any atom is -0.398 e. The second-order valence-corrected chi connectivity index (χ2v) is 4.21. The highest BCUT2D eigenvalue weighted by Gasteiger charge is 2.06. The van der Waals surface area contributed by atoms with E-state index in [1.807, 2.05) is 24.3 Å². The number of aromatic amines is 1. The lowest BCUT2D eigenvalue weighted by molar-refractivity contribution is 1.32. The van der Waals surface area contributed by atoms with E-state index in [2.05, 4.69) is 29.0 Å². The lowest BCUT2D eigenvalue weighted by Crippen LogP contribution is -1.90. The Balaban J connectivity index is 2.23. The zero-order chi connectivity index (χ0) is 11.8. The molecule has 0 spiro atoms. The predicted molar refractivity (Wildman–Crippen MR) is 70.7 cm³/mol. The van der Waals surface area contributed by atoms with Crippen LogP contribution in [0.3, 0.4) is 0 Å². The number of hydrogen-bond acceptors (Lipinski definition) is 2. The van der Waals surface area contributed by atoms with Crippen molar-refractivity contribution >= 4 is 16.7 Å². The van der Waals surface area contributed by atoms with Gasteiger partial charge in [0.25, 0.3) is 0 Å². The molecule has 2 aromatic heterocycles. The molecule has 17 heavy (non-hydrogen) atoms. The van der Waals surface area contributed by atoms with E-state index < -0.39 is 0 Å². The zero-order valence-corrected chi connectivity index (χ0v) is 9.57. The highest BCUT2D eigenvalue weighted by Crippen LogP contribution is 2.28. The van der Waals surface area contributed by atoms with Crippen LogP contribution in [0.25, 0.3) is 22.3 Å². The van der Waals surface area contributed by atoms with Crippen LogP contribution in [-0.4, -0.2) is 9.97 Å². The van der Waals surface area contributed by atoms with Gasteiger partial charge in [-0.1, -0.05) is 11.6 Å². The minimum atomic E-state index is 0.780. The van der Waals surface area contributed by atoms with E-state index in [0.29, 0.717) is 0 Å². The summed E-state index contributed by atoms with van der Waals surface area (Å²) in [4.78, 5) is 7.57. The molecule has 0 aliphatic heterocycles. The van der Waals surface area contributed by atoms with Crippen LogP contribution < -0.4 is 5.73 Å². The molecular weight excluding hydrogens is 210 g/mol. The number of nitrogens with two attached hydrogens (primary N) is 1. The van der Waals surface area contributed by atoms with E-state index in [1.165, 1.54) is 5.56 Å². The normalized spacial score (nSPS) is 10.9. The van der Waals surface area contributed by atoms with E-state index in [9.17, 15) is 0 Å². The first-order valence-electron chi connectivity index (χ1n) is 5.54. The van der Waals surface area contributed by atoms with Crippen molar-refractivity contribution in [1.29, 1.82) is 0 Å². The topological polar surface area (TPSA) is 54.7 Å². The minimum absolute atomic E-state index is 0.780. The molecule has 0 fully saturated rings. The molecule has 0 bridgehead atoms. The maximum Gasteiger partial charge on any atom is 0.137 e. The molecule has 3 rings (SSSR count). The van der Waals surface area contributed by atoms with Crippen LogP contribution >= 0.6 is 0 Å². The number of aromatic nitrogens is 2. The number of benzene rings is 1. The van der Waals surface area contributed by atoms with E-state index in [1.54, 1.807) is 6.20 Å². The molecule has 0 aliphatic carbocycles. The van der Waals surface area contributed by atoms with E-state index in [0.717, 1.165) is 28.0 Å². The Morgan fingerprint density at radius 2 is 2.06 bits per heavy atom. The first kappa shape index (κ1) is 9.90. The highest BCUT2D eigenvalue weighted by molar-refractivity contribution is 5.86. The number of nitrogens with one attached hydrogen (secondary N) is 1. The van der Waals surface area contributed by atoms with Crippen molar-refractivity contribution in [2.24, 2.45) is 0 Å². The second-order valence-electron chi connectivity index (χ2n) is 4.21. The molecule has 84 valence electrons. The third kappa shape index (κ3) is 1.65. The second kappa shape index (κ2) is 3.63. The van der Waals surface area contributed by atoms with Gasteiger partial charge in [0.2, 0.25) is 0 Å². The van der Waals surface area contributed by atoms with Gasteiger partial charge in [-0.15, -0.1) is 0 Å². The van der Waals surface area contributed by atoms with Crippen LogP contribution in [0.5, 0.6) is 0 Å². The molecule has 3 heteroatoms. The molecule has 3 aromatic rings. The quantitative estimate of drug-likeness (QED) is 0.623. The molecule has 0 radical (unpaired) electrons. The van der Waals surface area contributed by atoms with E-state index in [-0.39, 0.29) is 0 Å². The van der Waals surface area contributed by atoms with Crippen molar-refractivity contribution in [1.82, 2.24) is 9.97 Å². The largest absolute Gasteiger partial charge is 0.398 e. The number of rotatable bonds is 1. The Labute approximate surface area is 99.3 Å². The van der Waals surface area contributed by atoms with Crippen LogP contribution in [-0.2, 0) is 0 Å². The summed E-state index contributed by atoms with van der Waals surface area (Å²) in [7, 11) is 0. The monoisotopic (exact) mass is 223 g/mol. The molecule has 3 N–H and O–H groups in total. The van der Waals surface area contributed by atoms with Crippen LogP contribution in [0.2, 0.25) is 0 Å². The average Bonchev–Trinajstić information content (AvgIpc) is 2.75.